The van der Waals surface area contributed by atoms with E-state index in [0.717, 1.165) is 48.7 Å². The quantitative estimate of drug-likeness (QED) is 0.565. The van der Waals surface area contributed by atoms with Crippen LogP contribution in [0.15, 0.2) is 18.2 Å². The average Bonchev–Trinajstić information content (AvgIpc) is 3.46. The van der Waals surface area contributed by atoms with Gasteiger partial charge in [0.1, 0.15) is 17.2 Å². The van der Waals surface area contributed by atoms with Crippen molar-refractivity contribution in [2.24, 2.45) is 5.92 Å². The Labute approximate surface area is 194 Å². The lowest BCUT2D eigenvalue weighted by Gasteiger charge is -2.27. The van der Waals surface area contributed by atoms with E-state index in [1.54, 1.807) is 6.07 Å². The van der Waals surface area contributed by atoms with Crippen LogP contribution in [0.1, 0.15) is 49.8 Å². The molecule has 2 aliphatic heterocycles. The summed E-state index contributed by atoms with van der Waals surface area (Å²) in [4.78, 5) is 16.4. The van der Waals surface area contributed by atoms with Crippen LogP contribution in [0.25, 0.3) is 11.2 Å². The summed E-state index contributed by atoms with van der Waals surface area (Å²) in [6.07, 6.45) is 1.99. The number of likely N-dealkylation sites (tertiary alicyclic amines) is 1. The maximum absolute atomic E-state index is 15.3. The zero-order chi connectivity index (χ0) is 23.1. The van der Waals surface area contributed by atoms with E-state index in [0.29, 0.717) is 48.4 Å². The van der Waals surface area contributed by atoms with Gasteiger partial charge in [-0.15, -0.1) is 0 Å². The monoisotopic (exact) mass is 452 g/mol. The number of ether oxygens (including phenoxy) is 1. The number of piperazine rings is 1. The van der Waals surface area contributed by atoms with E-state index >= 15 is 4.39 Å². The van der Waals surface area contributed by atoms with Crippen LogP contribution < -0.4 is 10.1 Å². The van der Waals surface area contributed by atoms with Gasteiger partial charge in [-0.25, -0.2) is 9.37 Å². The summed E-state index contributed by atoms with van der Waals surface area (Å²) in [6.45, 7) is 11.9. The van der Waals surface area contributed by atoms with Crippen LogP contribution in [0.5, 0.6) is 6.01 Å². The fourth-order valence-corrected chi connectivity index (χ4v) is 5.10. The van der Waals surface area contributed by atoms with Crippen LogP contribution in [0.2, 0.25) is 0 Å². The van der Waals surface area contributed by atoms with E-state index in [4.69, 9.17) is 9.72 Å². The van der Waals surface area contributed by atoms with Gasteiger partial charge in [0, 0.05) is 43.7 Å². The van der Waals surface area contributed by atoms with E-state index in [9.17, 15) is 0 Å². The SMILES string of the molecule is CCOc1nc(C)c2nc(CC(C)C)n(Cc3ccc(CN4C[C@H]5C[C@@H]4CN5)cc3F)c2n1. The molecular weight excluding hydrogens is 419 g/mol. The zero-order valence-corrected chi connectivity index (χ0v) is 19.9. The fourth-order valence-electron chi connectivity index (χ4n) is 5.10. The lowest BCUT2D eigenvalue weighted by Crippen LogP contribution is -2.42. The molecule has 5 rings (SSSR count). The Balaban J connectivity index is 1.44. The molecule has 2 saturated heterocycles. The first-order valence-corrected chi connectivity index (χ1v) is 12.0. The maximum Gasteiger partial charge on any atom is 0.318 e. The number of hydrogen-bond donors (Lipinski definition) is 1. The number of hydrogen-bond acceptors (Lipinski definition) is 6. The number of halogens is 1. The first-order chi connectivity index (χ1) is 15.9. The van der Waals surface area contributed by atoms with Gasteiger partial charge in [0.05, 0.1) is 18.8 Å². The number of imidazole rings is 1. The Morgan fingerprint density at radius 3 is 2.73 bits per heavy atom. The molecule has 1 aromatic carbocycles. The van der Waals surface area contributed by atoms with Gasteiger partial charge in [-0.3, -0.25) is 4.90 Å². The summed E-state index contributed by atoms with van der Waals surface area (Å²) in [6, 6.07) is 7.19. The summed E-state index contributed by atoms with van der Waals surface area (Å²) in [5, 5.41) is 3.52. The molecular formula is C25H33FN6O. The molecule has 1 N–H and O–H groups in total. The Hall–Kier alpha value is -2.58. The lowest BCUT2D eigenvalue weighted by atomic mass is 10.1. The van der Waals surface area contributed by atoms with Crippen LogP contribution >= 0.6 is 0 Å². The first-order valence-electron chi connectivity index (χ1n) is 12.0. The summed E-state index contributed by atoms with van der Waals surface area (Å²) < 4.78 is 22.8. The normalized spacial score (nSPS) is 20.4. The molecule has 176 valence electrons. The van der Waals surface area contributed by atoms with Crippen LogP contribution in [0.3, 0.4) is 0 Å². The minimum Gasteiger partial charge on any atom is -0.464 e. The summed E-state index contributed by atoms with van der Waals surface area (Å²) in [5.41, 5.74) is 3.90. The van der Waals surface area contributed by atoms with E-state index < -0.39 is 0 Å². The highest BCUT2D eigenvalue weighted by Crippen LogP contribution is 2.27. The molecule has 2 bridgehead atoms. The molecule has 0 amide bonds. The number of nitrogens with zero attached hydrogens (tertiary/aromatic N) is 5. The highest BCUT2D eigenvalue weighted by molar-refractivity contribution is 5.74. The van der Waals surface area contributed by atoms with Crippen LogP contribution in [0.4, 0.5) is 4.39 Å². The van der Waals surface area contributed by atoms with E-state index in [-0.39, 0.29) is 5.82 Å². The van der Waals surface area contributed by atoms with Crippen molar-refractivity contribution in [3.05, 3.63) is 46.7 Å². The zero-order valence-electron chi connectivity index (χ0n) is 19.9. The van der Waals surface area contributed by atoms with Gasteiger partial charge in [-0.05, 0) is 37.8 Å². The second-order valence-electron chi connectivity index (χ2n) is 9.76. The molecule has 3 aromatic rings. The predicted octanol–water partition coefficient (Wildman–Crippen LogP) is 3.47. The first kappa shape index (κ1) is 22.2. The molecule has 4 heterocycles. The molecule has 0 radical (unpaired) electrons. The molecule has 0 unspecified atom stereocenters. The van der Waals surface area contributed by atoms with Crippen molar-refractivity contribution >= 4 is 11.2 Å². The minimum atomic E-state index is -0.178. The maximum atomic E-state index is 15.3. The Morgan fingerprint density at radius 1 is 1.21 bits per heavy atom. The van der Waals surface area contributed by atoms with Crippen molar-refractivity contribution in [3.63, 3.8) is 0 Å². The van der Waals surface area contributed by atoms with E-state index in [1.165, 1.54) is 6.42 Å². The third-order valence-corrected chi connectivity index (χ3v) is 6.69. The summed E-state index contributed by atoms with van der Waals surface area (Å²) in [7, 11) is 0. The summed E-state index contributed by atoms with van der Waals surface area (Å²) >= 11 is 0. The van der Waals surface area contributed by atoms with Crippen LogP contribution in [-0.2, 0) is 19.5 Å². The number of aryl methyl sites for hydroxylation is 1. The van der Waals surface area contributed by atoms with Gasteiger partial charge >= 0.3 is 6.01 Å². The molecule has 33 heavy (non-hydrogen) atoms. The highest BCUT2D eigenvalue weighted by Gasteiger charge is 2.37. The molecule has 2 fully saturated rings. The van der Waals surface area contributed by atoms with Crippen molar-refractivity contribution < 1.29 is 9.13 Å². The van der Waals surface area contributed by atoms with Crippen molar-refractivity contribution in [2.45, 2.75) is 65.7 Å². The van der Waals surface area contributed by atoms with E-state index in [2.05, 4.69) is 40.1 Å². The van der Waals surface area contributed by atoms with E-state index in [1.807, 2.05) is 24.5 Å². The smallest absolute Gasteiger partial charge is 0.318 e. The molecule has 7 nitrogen and oxygen atoms in total. The van der Waals surface area contributed by atoms with Crippen molar-refractivity contribution in [2.75, 3.05) is 19.7 Å². The molecule has 0 saturated carbocycles. The third-order valence-electron chi connectivity index (χ3n) is 6.69. The molecule has 0 aliphatic carbocycles. The standard InChI is InChI=1S/C25H33FN6O/c1-5-33-25-28-16(4)23-24(30-25)32(22(29-23)8-15(2)3)13-18-7-6-17(9-21(18)26)12-31-14-19-10-20(31)11-27-19/h6-7,9,15,19-20,27H,5,8,10-14H2,1-4H3/t19-,20-/m1/s1. The van der Waals surface area contributed by atoms with Gasteiger partial charge in [0.15, 0.2) is 5.65 Å². The number of fused-ring (bicyclic) bond motifs is 3. The van der Waals surface area contributed by atoms with Gasteiger partial charge in [-0.2, -0.15) is 9.97 Å². The molecule has 2 atom stereocenters. The van der Waals surface area contributed by atoms with Gasteiger partial charge in [0.2, 0.25) is 0 Å². The largest absolute Gasteiger partial charge is 0.464 e. The van der Waals surface area contributed by atoms with Crippen LogP contribution in [-0.4, -0.2) is 56.2 Å². The van der Waals surface area contributed by atoms with Crippen LogP contribution in [0, 0.1) is 18.7 Å². The number of benzene rings is 1. The third kappa shape index (κ3) is 4.46. The van der Waals surface area contributed by atoms with Gasteiger partial charge < -0.3 is 14.6 Å². The molecule has 2 aromatic heterocycles. The Kier molecular flexibility index (Phi) is 6.05. The number of nitrogens with one attached hydrogen (secondary N) is 1. The lowest BCUT2D eigenvalue weighted by molar-refractivity contribution is 0.217. The van der Waals surface area contributed by atoms with Gasteiger partial charge in [0.25, 0.3) is 0 Å². The average molecular weight is 453 g/mol. The van der Waals surface area contributed by atoms with Crippen molar-refractivity contribution in [1.82, 2.24) is 29.7 Å². The second-order valence-corrected chi connectivity index (χ2v) is 9.76. The predicted molar refractivity (Wildman–Crippen MR) is 126 cm³/mol. The topological polar surface area (TPSA) is 68.1 Å². The fraction of sp³-hybridized carbons (Fsp3) is 0.560. The van der Waals surface area contributed by atoms with Gasteiger partial charge in [-0.1, -0.05) is 26.0 Å². The molecule has 2 aliphatic rings. The van der Waals surface area contributed by atoms with Crippen molar-refractivity contribution in [1.29, 1.82) is 0 Å². The number of rotatable bonds is 8. The molecule has 8 heteroatoms. The number of aromatic nitrogens is 4. The highest BCUT2D eigenvalue weighted by atomic mass is 19.1. The molecule has 0 spiro atoms. The Bertz CT molecular complexity index is 1160. The minimum absolute atomic E-state index is 0.178. The Morgan fingerprint density at radius 2 is 2.06 bits per heavy atom. The van der Waals surface area contributed by atoms with Crippen molar-refractivity contribution in [3.8, 4) is 6.01 Å². The summed E-state index contributed by atoms with van der Waals surface area (Å²) in [5.74, 6) is 1.14. The second kappa shape index (κ2) is 8.99.